The van der Waals surface area contributed by atoms with Gasteiger partial charge in [0.05, 0.1) is 17.8 Å². The molecule has 0 spiro atoms. The Kier molecular flexibility index (Phi) is 6.09. The van der Waals surface area contributed by atoms with Crippen LogP contribution >= 0.6 is 0 Å². The van der Waals surface area contributed by atoms with Gasteiger partial charge in [-0.3, -0.25) is 14.4 Å². The highest BCUT2D eigenvalue weighted by Crippen LogP contribution is 2.31. The molecule has 0 radical (unpaired) electrons. The van der Waals surface area contributed by atoms with E-state index >= 15 is 0 Å². The van der Waals surface area contributed by atoms with Crippen LogP contribution in [0.3, 0.4) is 0 Å². The maximum absolute atomic E-state index is 12.8. The molecule has 2 aromatic rings. The van der Waals surface area contributed by atoms with Crippen molar-refractivity contribution >= 4 is 29.2 Å². The molecule has 0 aliphatic carbocycles. The van der Waals surface area contributed by atoms with Crippen molar-refractivity contribution in [2.24, 2.45) is 0 Å². The highest BCUT2D eigenvalue weighted by Gasteiger charge is 2.30. The second-order valence-corrected chi connectivity index (χ2v) is 7.06. The van der Waals surface area contributed by atoms with Crippen LogP contribution in [-0.4, -0.2) is 30.4 Å². The lowest BCUT2D eigenvalue weighted by atomic mass is 9.98. The predicted octanol–water partition coefficient (Wildman–Crippen LogP) is 3.49. The minimum Gasteiger partial charge on any atom is -0.456 e. The molecule has 0 saturated heterocycles. The van der Waals surface area contributed by atoms with Crippen molar-refractivity contribution in [1.82, 2.24) is 0 Å². The number of carbonyl (C=O) groups is 3. The molecular formula is C22H24N2O4. The average molecular weight is 380 g/mol. The number of para-hydroxylation sites is 2. The first kappa shape index (κ1) is 19.6. The molecular weight excluding hydrogens is 356 g/mol. The standard InChI is InChI=1S/C22H24N2O4/c1-15(17-8-4-3-5-9-17)12-22(27)28-14-21(26)24-16(2)13-20(25)23-18-10-6-7-11-19(18)24/h3-11,15-16H,12-14H2,1-2H3,(H,23,25)/t15-,16-/m1/s1. The van der Waals surface area contributed by atoms with Crippen LogP contribution in [0.2, 0.25) is 0 Å². The zero-order chi connectivity index (χ0) is 20.1. The second kappa shape index (κ2) is 8.69. The highest BCUT2D eigenvalue weighted by molar-refractivity contribution is 6.05. The summed E-state index contributed by atoms with van der Waals surface area (Å²) in [6.45, 7) is 3.40. The van der Waals surface area contributed by atoms with Crippen LogP contribution in [0.25, 0.3) is 0 Å². The quantitative estimate of drug-likeness (QED) is 0.806. The zero-order valence-electron chi connectivity index (χ0n) is 16.1. The van der Waals surface area contributed by atoms with Gasteiger partial charge in [-0.2, -0.15) is 0 Å². The number of ether oxygens (including phenoxy) is 1. The van der Waals surface area contributed by atoms with Crippen molar-refractivity contribution in [1.29, 1.82) is 0 Å². The largest absolute Gasteiger partial charge is 0.456 e. The van der Waals surface area contributed by atoms with Crippen molar-refractivity contribution in [2.45, 2.75) is 38.6 Å². The molecule has 6 heteroatoms. The van der Waals surface area contributed by atoms with E-state index in [1.807, 2.05) is 37.3 Å². The molecule has 2 amide bonds. The Morgan fingerprint density at radius 2 is 1.82 bits per heavy atom. The van der Waals surface area contributed by atoms with Gasteiger partial charge >= 0.3 is 5.97 Å². The topological polar surface area (TPSA) is 75.7 Å². The summed E-state index contributed by atoms with van der Waals surface area (Å²) in [5.41, 5.74) is 2.24. The molecule has 146 valence electrons. The minimum atomic E-state index is -0.422. The highest BCUT2D eigenvalue weighted by atomic mass is 16.5. The van der Waals surface area contributed by atoms with E-state index in [1.54, 1.807) is 31.2 Å². The van der Waals surface area contributed by atoms with Gasteiger partial charge in [-0.15, -0.1) is 0 Å². The molecule has 0 fully saturated rings. The number of amides is 2. The molecule has 1 N–H and O–H groups in total. The van der Waals surface area contributed by atoms with Gasteiger partial charge in [-0.25, -0.2) is 0 Å². The lowest BCUT2D eigenvalue weighted by molar-refractivity contribution is -0.148. The van der Waals surface area contributed by atoms with Crippen LogP contribution in [-0.2, 0) is 19.1 Å². The number of rotatable bonds is 5. The molecule has 28 heavy (non-hydrogen) atoms. The third-order valence-electron chi connectivity index (χ3n) is 4.83. The van der Waals surface area contributed by atoms with Crippen molar-refractivity contribution in [3.63, 3.8) is 0 Å². The molecule has 0 unspecified atom stereocenters. The average Bonchev–Trinajstić information content (AvgIpc) is 2.81. The summed E-state index contributed by atoms with van der Waals surface area (Å²) in [6, 6.07) is 16.5. The fourth-order valence-corrected chi connectivity index (χ4v) is 3.39. The minimum absolute atomic E-state index is 0.00320. The van der Waals surface area contributed by atoms with Crippen LogP contribution < -0.4 is 10.2 Å². The third kappa shape index (κ3) is 4.57. The Hall–Kier alpha value is -3.15. The molecule has 6 nitrogen and oxygen atoms in total. The van der Waals surface area contributed by atoms with Gasteiger partial charge in [0.2, 0.25) is 5.91 Å². The molecule has 2 aromatic carbocycles. The number of nitrogens with zero attached hydrogens (tertiary/aromatic N) is 1. The summed E-state index contributed by atoms with van der Waals surface area (Å²) in [4.78, 5) is 38.5. The number of nitrogens with one attached hydrogen (secondary N) is 1. The number of hydrogen-bond acceptors (Lipinski definition) is 4. The monoisotopic (exact) mass is 380 g/mol. The van der Waals surface area contributed by atoms with E-state index in [0.717, 1.165) is 5.56 Å². The lowest BCUT2D eigenvalue weighted by Gasteiger charge is -2.27. The summed E-state index contributed by atoms with van der Waals surface area (Å²) in [5, 5.41) is 2.81. The van der Waals surface area contributed by atoms with E-state index in [2.05, 4.69) is 5.32 Å². The summed E-state index contributed by atoms with van der Waals surface area (Å²) >= 11 is 0. The second-order valence-electron chi connectivity index (χ2n) is 7.06. The molecule has 1 heterocycles. The van der Waals surface area contributed by atoms with E-state index < -0.39 is 5.97 Å². The van der Waals surface area contributed by atoms with Crippen LogP contribution in [0, 0.1) is 0 Å². The first-order valence-electron chi connectivity index (χ1n) is 9.37. The molecule has 0 saturated carbocycles. The van der Waals surface area contributed by atoms with Crippen molar-refractivity contribution in [3.8, 4) is 0 Å². The normalized spacial score (nSPS) is 17.1. The van der Waals surface area contributed by atoms with Gasteiger partial charge in [-0.1, -0.05) is 49.4 Å². The Balaban J connectivity index is 1.64. The van der Waals surface area contributed by atoms with Gasteiger partial charge in [0.25, 0.3) is 5.91 Å². The zero-order valence-corrected chi connectivity index (χ0v) is 16.1. The fraction of sp³-hybridized carbons (Fsp3) is 0.318. The van der Waals surface area contributed by atoms with Crippen LogP contribution in [0.4, 0.5) is 11.4 Å². The van der Waals surface area contributed by atoms with Crippen LogP contribution in [0.15, 0.2) is 54.6 Å². The summed E-state index contributed by atoms with van der Waals surface area (Å²) in [7, 11) is 0. The number of benzene rings is 2. The van der Waals surface area contributed by atoms with Crippen molar-refractivity contribution in [2.75, 3.05) is 16.8 Å². The first-order valence-corrected chi connectivity index (χ1v) is 9.37. The molecule has 0 aromatic heterocycles. The van der Waals surface area contributed by atoms with Gasteiger partial charge in [0.1, 0.15) is 0 Å². The maximum atomic E-state index is 12.8. The van der Waals surface area contributed by atoms with E-state index in [1.165, 1.54) is 4.90 Å². The van der Waals surface area contributed by atoms with E-state index in [9.17, 15) is 14.4 Å². The molecule has 3 rings (SSSR count). The van der Waals surface area contributed by atoms with Gasteiger partial charge in [0.15, 0.2) is 6.61 Å². The predicted molar refractivity (Wildman–Crippen MR) is 107 cm³/mol. The van der Waals surface area contributed by atoms with E-state index in [0.29, 0.717) is 11.4 Å². The SMILES string of the molecule is C[C@H](CC(=O)OCC(=O)N1c2ccccc2NC(=O)C[C@H]1C)c1ccccc1. The van der Waals surface area contributed by atoms with Crippen molar-refractivity contribution < 1.29 is 19.1 Å². The van der Waals surface area contributed by atoms with Gasteiger partial charge in [-0.05, 0) is 30.5 Å². The van der Waals surface area contributed by atoms with Gasteiger partial charge in [0, 0.05) is 12.5 Å². The number of hydrogen-bond donors (Lipinski definition) is 1. The fourth-order valence-electron chi connectivity index (χ4n) is 3.39. The maximum Gasteiger partial charge on any atom is 0.306 e. The van der Waals surface area contributed by atoms with E-state index in [-0.39, 0.29) is 43.2 Å². The first-order chi connectivity index (χ1) is 13.5. The molecule has 2 atom stereocenters. The Morgan fingerprint density at radius 1 is 1.14 bits per heavy atom. The number of anilines is 2. The molecule has 1 aliphatic rings. The van der Waals surface area contributed by atoms with E-state index in [4.69, 9.17) is 4.74 Å². The third-order valence-corrected chi connectivity index (χ3v) is 4.83. The number of carbonyl (C=O) groups excluding carboxylic acids is 3. The smallest absolute Gasteiger partial charge is 0.306 e. The van der Waals surface area contributed by atoms with Crippen LogP contribution in [0.1, 0.15) is 38.2 Å². The molecule has 1 aliphatic heterocycles. The Bertz CT molecular complexity index is 866. The summed E-state index contributed by atoms with van der Waals surface area (Å²) in [6.07, 6.45) is 0.378. The number of fused-ring (bicyclic) bond motifs is 1. The summed E-state index contributed by atoms with van der Waals surface area (Å²) in [5.74, 6) is -0.917. The number of esters is 1. The summed E-state index contributed by atoms with van der Waals surface area (Å²) < 4.78 is 5.24. The Morgan fingerprint density at radius 3 is 2.57 bits per heavy atom. The Labute approximate surface area is 164 Å². The van der Waals surface area contributed by atoms with Crippen molar-refractivity contribution in [3.05, 3.63) is 60.2 Å². The van der Waals surface area contributed by atoms with Crippen LogP contribution in [0.5, 0.6) is 0 Å². The molecule has 0 bridgehead atoms. The lowest BCUT2D eigenvalue weighted by Crippen LogP contribution is -2.41. The van der Waals surface area contributed by atoms with Gasteiger partial charge < -0.3 is 15.0 Å².